The van der Waals surface area contributed by atoms with Crippen LogP contribution in [0.5, 0.6) is 5.75 Å². The van der Waals surface area contributed by atoms with Crippen molar-refractivity contribution in [3.05, 3.63) is 48.5 Å². The van der Waals surface area contributed by atoms with E-state index < -0.39 is 0 Å². The minimum absolute atomic E-state index is 0.0595. The molecule has 1 heterocycles. The third-order valence-corrected chi connectivity index (χ3v) is 4.68. The summed E-state index contributed by atoms with van der Waals surface area (Å²) in [7, 11) is 1.63. The van der Waals surface area contributed by atoms with E-state index in [0.717, 1.165) is 27.6 Å². The highest BCUT2D eigenvalue weighted by atomic mass is 32.2. The number of aromatic nitrogens is 2. The normalized spacial score (nSPS) is 11.0. The smallest absolute Gasteiger partial charge is 0.237 e. The van der Waals surface area contributed by atoms with Gasteiger partial charge in [0.15, 0.2) is 5.16 Å². The highest BCUT2D eigenvalue weighted by Crippen LogP contribution is 2.24. The molecule has 0 saturated heterocycles. The van der Waals surface area contributed by atoms with E-state index >= 15 is 0 Å². The fourth-order valence-electron chi connectivity index (χ4n) is 2.68. The fourth-order valence-corrected chi connectivity index (χ4v) is 3.42. The Morgan fingerprint density at radius 2 is 2.00 bits per heavy atom. The minimum atomic E-state index is 0.0595. The molecule has 0 radical (unpaired) electrons. The van der Waals surface area contributed by atoms with Crippen LogP contribution in [0.3, 0.4) is 0 Å². The summed E-state index contributed by atoms with van der Waals surface area (Å²) >= 11 is 1.41. The number of carbonyl (C=O) groups is 1. The summed E-state index contributed by atoms with van der Waals surface area (Å²) in [5, 5.41) is 0.730. The summed E-state index contributed by atoms with van der Waals surface area (Å²) in [6, 6.07) is 15.5. The number of H-pyrrole nitrogens is 1. The van der Waals surface area contributed by atoms with Crippen molar-refractivity contribution >= 4 is 34.4 Å². The van der Waals surface area contributed by atoms with E-state index in [-0.39, 0.29) is 11.9 Å². The zero-order valence-corrected chi connectivity index (χ0v) is 15.3. The average molecular weight is 355 g/mol. The van der Waals surface area contributed by atoms with Crippen molar-refractivity contribution in [2.75, 3.05) is 17.8 Å². The lowest BCUT2D eigenvalue weighted by Crippen LogP contribution is -2.38. The number of thioether (sulfide) groups is 1. The van der Waals surface area contributed by atoms with E-state index in [4.69, 9.17) is 4.74 Å². The Hall–Kier alpha value is -2.47. The van der Waals surface area contributed by atoms with Gasteiger partial charge in [-0.25, -0.2) is 4.98 Å². The number of ether oxygens (including phenoxy) is 1. The topological polar surface area (TPSA) is 58.2 Å². The number of imidazole rings is 1. The standard InChI is InChI=1S/C19H21N3O2S/c1-13(2)22(14-7-5-4-6-8-14)18(23)12-25-19-20-16-10-9-15(24-3)11-17(16)21-19/h4-11,13H,12H2,1-3H3,(H,20,21). The molecular weight excluding hydrogens is 334 g/mol. The van der Waals surface area contributed by atoms with Crippen LogP contribution >= 0.6 is 11.8 Å². The number of hydrogen-bond donors (Lipinski definition) is 1. The zero-order valence-electron chi connectivity index (χ0n) is 14.5. The number of methoxy groups -OCH3 is 1. The molecule has 0 aliphatic carbocycles. The molecule has 25 heavy (non-hydrogen) atoms. The van der Waals surface area contributed by atoms with E-state index in [9.17, 15) is 4.79 Å². The van der Waals surface area contributed by atoms with Crippen LogP contribution in [-0.2, 0) is 4.79 Å². The van der Waals surface area contributed by atoms with Crippen LogP contribution < -0.4 is 9.64 Å². The number of benzene rings is 2. The number of nitrogens with one attached hydrogen (secondary N) is 1. The van der Waals surface area contributed by atoms with Crippen molar-refractivity contribution in [3.63, 3.8) is 0 Å². The van der Waals surface area contributed by atoms with Gasteiger partial charge in [0.1, 0.15) is 5.75 Å². The van der Waals surface area contributed by atoms with Crippen molar-refractivity contribution in [3.8, 4) is 5.75 Å². The van der Waals surface area contributed by atoms with Gasteiger partial charge in [0.2, 0.25) is 5.91 Å². The second kappa shape index (κ2) is 7.61. The van der Waals surface area contributed by atoms with E-state index in [1.807, 2.05) is 67.3 Å². The second-order valence-corrected chi connectivity index (χ2v) is 6.87. The molecule has 0 spiro atoms. The van der Waals surface area contributed by atoms with E-state index in [1.54, 1.807) is 7.11 Å². The predicted molar refractivity (Wildman–Crippen MR) is 102 cm³/mol. The Morgan fingerprint density at radius 1 is 1.24 bits per heavy atom. The molecule has 0 atom stereocenters. The number of rotatable bonds is 6. The summed E-state index contributed by atoms with van der Waals surface area (Å²) in [6.45, 7) is 4.03. The first kappa shape index (κ1) is 17.4. The van der Waals surface area contributed by atoms with Crippen LogP contribution in [-0.4, -0.2) is 34.8 Å². The van der Waals surface area contributed by atoms with Crippen molar-refractivity contribution in [2.24, 2.45) is 0 Å². The molecule has 0 aliphatic heterocycles. The molecule has 0 bridgehead atoms. The van der Waals surface area contributed by atoms with Gasteiger partial charge in [-0.1, -0.05) is 30.0 Å². The molecule has 1 amide bonds. The molecule has 0 aliphatic rings. The Kier molecular flexibility index (Phi) is 5.28. The number of amides is 1. The third kappa shape index (κ3) is 3.96. The van der Waals surface area contributed by atoms with Crippen LogP contribution in [0.2, 0.25) is 0 Å². The van der Waals surface area contributed by atoms with Gasteiger partial charge < -0.3 is 14.6 Å². The molecule has 2 aromatic carbocycles. The maximum atomic E-state index is 12.7. The SMILES string of the molecule is COc1ccc2nc(SCC(=O)N(c3ccccc3)C(C)C)[nH]c2c1. The third-order valence-electron chi connectivity index (χ3n) is 3.82. The molecular formula is C19H21N3O2S. The summed E-state index contributed by atoms with van der Waals surface area (Å²) in [4.78, 5) is 22.3. The number of nitrogens with zero attached hydrogens (tertiary/aromatic N) is 2. The number of fused-ring (bicyclic) bond motifs is 1. The average Bonchev–Trinajstić information content (AvgIpc) is 3.02. The molecule has 5 nitrogen and oxygen atoms in total. The molecule has 130 valence electrons. The predicted octanol–water partition coefficient (Wildman–Crippen LogP) is 4.11. The number of anilines is 1. The van der Waals surface area contributed by atoms with E-state index in [1.165, 1.54) is 11.8 Å². The summed E-state index contributed by atoms with van der Waals surface area (Å²) in [5.41, 5.74) is 2.68. The molecule has 3 aromatic rings. The van der Waals surface area contributed by atoms with Gasteiger partial charge in [-0.2, -0.15) is 0 Å². The summed E-state index contributed by atoms with van der Waals surface area (Å²) in [6.07, 6.45) is 0. The quantitative estimate of drug-likeness (QED) is 0.676. The zero-order chi connectivity index (χ0) is 17.8. The monoisotopic (exact) mass is 355 g/mol. The van der Waals surface area contributed by atoms with Gasteiger partial charge in [0.05, 0.1) is 23.9 Å². The maximum Gasteiger partial charge on any atom is 0.237 e. The lowest BCUT2D eigenvalue weighted by atomic mass is 10.2. The number of hydrogen-bond acceptors (Lipinski definition) is 4. The van der Waals surface area contributed by atoms with Crippen LogP contribution in [0.4, 0.5) is 5.69 Å². The Labute approximate surface area is 151 Å². The fraction of sp³-hybridized carbons (Fsp3) is 0.263. The van der Waals surface area contributed by atoms with Crippen molar-refractivity contribution in [1.29, 1.82) is 0 Å². The lowest BCUT2D eigenvalue weighted by molar-refractivity contribution is -0.116. The van der Waals surface area contributed by atoms with Crippen molar-refractivity contribution < 1.29 is 9.53 Å². The molecule has 0 saturated carbocycles. The number of carbonyl (C=O) groups excluding carboxylic acids is 1. The van der Waals surface area contributed by atoms with Crippen molar-refractivity contribution in [2.45, 2.75) is 25.0 Å². The highest BCUT2D eigenvalue weighted by Gasteiger charge is 2.19. The largest absolute Gasteiger partial charge is 0.497 e. The number of aromatic amines is 1. The molecule has 0 fully saturated rings. The molecule has 0 unspecified atom stereocenters. The molecule has 1 N–H and O–H groups in total. The first-order valence-corrected chi connectivity index (χ1v) is 9.10. The highest BCUT2D eigenvalue weighted by molar-refractivity contribution is 7.99. The van der Waals surface area contributed by atoms with E-state index in [2.05, 4.69) is 9.97 Å². The lowest BCUT2D eigenvalue weighted by Gasteiger charge is -2.26. The number of para-hydroxylation sites is 1. The van der Waals surface area contributed by atoms with Crippen LogP contribution in [0.15, 0.2) is 53.7 Å². The first-order valence-electron chi connectivity index (χ1n) is 8.12. The van der Waals surface area contributed by atoms with Gasteiger partial charge in [-0.3, -0.25) is 4.79 Å². The first-order chi connectivity index (χ1) is 12.1. The van der Waals surface area contributed by atoms with Gasteiger partial charge in [0.25, 0.3) is 0 Å². The van der Waals surface area contributed by atoms with Gasteiger partial charge in [0, 0.05) is 17.8 Å². The molecule has 6 heteroatoms. The minimum Gasteiger partial charge on any atom is -0.497 e. The summed E-state index contributed by atoms with van der Waals surface area (Å²) < 4.78 is 5.22. The van der Waals surface area contributed by atoms with Crippen LogP contribution in [0, 0.1) is 0 Å². The second-order valence-electron chi connectivity index (χ2n) is 5.91. The van der Waals surface area contributed by atoms with Crippen molar-refractivity contribution in [1.82, 2.24) is 9.97 Å². The van der Waals surface area contributed by atoms with Gasteiger partial charge >= 0.3 is 0 Å². The van der Waals surface area contributed by atoms with E-state index in [0.29, 0.717) is 5.75 Å². The Morgan fingerprint density at radius 3 is 2.68 bits per heavy atom. The summed E-state index contributed by atoms with van der Waals surface area (Å²) in [5.74, 6) is 1.16. The Bertz CT molecular complexity index is 861. The molecule has 3 rings (SSSR count). The van der Waals surface area contributed by atoms with Gasteiger partial charge in [-0.15, -0.1) is 0 Å². The Balaban J connectivity index is 1.72. The van der Waals surface area contributed by atoms with Crippen LogP contribution in [0.25, 0.3) is 11.0 Å². The van der Waals surface area contributed by atoms with Crippen LogP contribution in [0.1, 0.15) is 13.8 Å². The van der Waals surface area contributed by atoms with Gasteiger partial charge in [-0.05, 0) is 38.1 Å². The maximum absolute atomic E-state index is 12.7. The molecule has 1 aromatic heterocycles.